The van der Waals surface area contributed by atoms with Crippen molar-refractivity contribution in [1.82, 2.24) is 0 Å². The molecule has 3 atom stereocenters. The molecule has 2 aliphatic carbocycles. The Bertz CT molecular complexity index is 1300. The summed E-state index contributed by atoms with van der Waals surface area (Å²) < 4.78 is 27.2. The molecule has 0 aliphatic heterocycles. The molecule has 2 aromatic rings. The van der Waals surface area contributed by atoms with Gasteiger partial charge in [-0.25, -0.2) is 4.39 Å². The first-order chi connectivity index (χ1) is 18.5. The molecule has 39 heavy (non-hydrogen) atoms. The fourth-order valence-corrected chi connectivity index (χ4v) is 6.44. The molecule has 0 bridgehead atoms. The molecule has 4 nitrogen and oxygen atoms in total. The maximum atomic E-state index is 15.1. The second-order valence-corrected chi connectivity index (χ2v) is 12.0. The summed E-state index contributed by atoms with van der Waals surface area (Å²) in [6.45, 7) is 12.6. The molecule has 0 aromatic heterocycles. The highest BCUT2D eigenvalue weighted by Crippen LogP contribution is 2.57. The average molecular weight is 533 g/mol. The molecule has 0 saturated heterocycles. The molecule has 0 heterocycles. The van der Waals surface area contributed by atoms with Gasteiger partial charge in [-0.05, 0) is 84.6 Å². The fraction of sp³-hybridized carbons (Fsp3) is 0.441. The van der Waals surface area contributed by atoms with Crippen LogP contribution in [0.15, 0.2) is 66.8 Å². The van der Waals surface area contributed by atoms with E-state index < -0.39 is 5.97 Å². The lowest BCUT2D eigenvalue weighted by Gasteiger charge is -2.45. The van der Waals surface area contributed by atoms with Crippen molar-refractivity contribution in [2.45, 2.75) is 71.3 Å². The minimum atomic E-state index is -0.696. The van der Waals surface area contributed by atoms with E-state index in [0.717, 1.165) is 53.7 Å². The van der Waals surface area contributed by atoms with Gasteiger partial charge in [-0.2, -0.15) is 0 Å². The molecule has 1 saturated carbocycles. The van der Waals surface area contributed by atoms with Crippen molar-refractivity contribution < 1.29 is 23.8 Å². The van der Waals surface area contributed by atoms with E-state index in [2.05, 4.69) is 45.6 Å². The van der Waals surface area contributed by atoms with Crippen molar-refractivity contribution in [2.24, 2.45) is 11.3 Å². The summed E-state index contributed by atoms with van der Waals surface area (Å²) in [6, 6.07) is 11.2. The van der Waals surface area contributed by atoms with Gasteiger partial charge >= 0.3 is 5.97 Å². The highest BCUT2D eigenvalue weighted by atomic mass is 19.1. The summed E-state index contributed by atoms with van der Waals surface area (Å²) in [5, 5.41) is 9.72. The Morgan fingerprint density at radius 1 is 1.23 bits per heavy atom. The Morgan fingerprint density at radius 2 is 2.00 bits per heavy atom. The lowest BCUT2D eigenvalue weighted by atomic mass is 9.57. The largest absolute Gasteiger partial charge is 0.493 e. The minimum absolute atomic E-state index is 0.236. The predicted molar refractivity (Wildman–Crippen MR) is 155 cm³/mol. The molecule has 2 aromatic carbocycles. The summed E-state index contributed by atoms with van der Waals surface area (Å²) in [6.07, 6.45) is 9.40. The number of fused-ring (bicyclic) bond motifs is 2. The normalized spacial score (nSPS) is 21.8. The maximum Gasteiger partial charge on any atom is 0.307 e. The molecule has 1 spiro atoms. The van der Waals surface area contributed by atoms with Gasteiger partial charge in [0.1, 0.15) is 11.6 Å². The summed E-state index contributed by atoms with van der Waals surface area (Å²) >= 11 is 0. The van der Waals surface area contributed by atoms with Gasteiger partial charge in [0.25, 0.3) is 0 Å². The monoisotopic (exact) mass is 532 g/mol. The average Bonchev–Trinajstić information content (AvgIpc) is 3.25. The molecule has 0 amide bonds. The Morgan fingerprint density at radius 3 is 2.62 bits per heavy atom. The molecule has 0 radical (unpaired) electrons. The lowest BCUT2D eigenvalue weighted by molar-refractivity contribution is -0.149. The van der Waals surface area contributed by atoms with E-state index in [4.69, 9.17) is 9.47 Å². The topological polar surface area (TPSA) is 55.8 Å². The van der Waals surface area contributed by atoms with Gasteiger partial charge in [0.2, 0.25) is 0 Å². The third-order valence-electron chi connectivity index (χ3n) is 8.37. The number of methoxy groups -OCH3 is 1. The van der Waals surface area contributed by atoms with Crippen molar-refractivity contribution >= 4 is 11.5 Å². The lowest BCUT2D eigenvalue weighted by Crippen LogP contribution is -2.46. The van der Waals surface area contributed by atoms with Crippen LogP contribution in [0.5, 0.6) is 5.75 Å². The predicted octanol–water partition coefficient (Wildman–Crippen LogP) is 7.84. The smallest absolute Gasteiger partial charge is 0.307 e. The first kappa shape index (κ1) is 28.8. The van der Waals surface area contributed by atoms with Gasteiger partial charge in [0, 0.05) is 24.5 Å². The Kier molecular flexibility index (Phi) is 8.51. The van der Waals surface area contributed by atoms with Crippen LogP contribution in [0, 0.1) is 24.1 Å². The van der Waals surface area contributed by atoms with Crippen LogP contribution in [0.1, 0.15) is 68.7 Å². The number of carboxylic acids is 1. The molecule has 4 rings (SSSR count). The van der Waals surface area contributed by atoms with Gasteiger partial charge < -0.3 is 14.6 Å². The van der Waals surface area contributed by atoms with Crippen LogP contribution in [0.25, 0.3) is 5.57 Å². The van der Waals surface area contributed by atoms with Crippen LogP contribution >= 0.6 is 0 Å². The summed E-state index contributed by atoms with van der Waals surface area (Å²) in [4.78, 5) is 11.8. The SMILES string of the molecule is C=C/C=C(\C(=C/CCOc1ccc2c(c1)[C@]1(CC2)CC[C@H]1C(=O)O)[C@H](OC)C(C)(C)C)c1cc(C)ccc1F. The van der Waals surface area contributed by atoms with E-state index in [9.17, 15) is 9.90 Å². The number of allylic oxidation sites excluding steroid dienone is 2. The van der Waals surface area contributed by atoms with Crippen LogP contribution in [0.2, 0.25) is 0 Å². The molecule has 5 heteroatoms. The standard InChI is InChI=1S/C34H41FO4/c1-7-9-25(27-20-22(2)11-14-30(27)35)26(31(38-6)33(3,4)5)10-8-19-39-24-13-12-23-15-17-34(29(23)21-24)18-16-28(34)32(36)37/h7,9-14,20-21,28,31H,1,8,15-19H2,2-6H3,(H,36,37)/b25-9+,26-10+/t28-,31-,34+/m0/s1. The first-order valence-electron chi connectivity index (χ1n) is 13.8. The molecule has 1 fully saturated rings. The number of rotatable bonds is 10. The van der Waals surface area contributed by atoms with Crippen molar-refractivity contribution in [2.75, 3.05) is 13.7 Å². The Balaban J connectivity index is 1.59. The number of benzene rings is 2. The molecular weight excluding hydrogens is 491 g/mol. The molecule has 208 valence electrons. The second kappa shape index (κ2) is 11.5. The quantitative estimate of drug-likeness (QED) is 0.250. The maximum absolute atomic E-state index is 15.1. The highest BCUT2D eigenvalue weighted by Gasteiger charge is 2.54. The number of aliphatic carboxylic acids is 1. The molecule has 2 aliphatic rings. The van der Waals surface area contributed by atoms with E-state index in [1.165, 1.54) is 11.6 Å². The van der Waals surface area contributed by atoms with Crippen LogP contribution in [-0.4, -0.2) is 30.9 Å². The van der Waals surface area contributed by atoms with Crippen LogP contribution in [0.3, 0.4) is 0 Å². The number of carboxylic acid groups (broad SMARTS) is 1. The van der Waals surface area contributed by atoms with Crippen LogP contribution in [-0.2, 0) is 21.4 Å². The van der Waals surface area contributed by atoms with Crippen LogP contribution in [0.4, 0.5) is 4.39 Å². The van der Waals surface area contributed by atoms with E-state index in [0.29, 0.717) is 18.6 Å². The Labute approximate surface area is 232 Å². The summed E-state index contributed by atoms with van der Waals surface area (Å²) in [7, 11) is 1.68. The summed E-state index contributed by atoms with van der Waals surface area (Å²) in [5.41, 5.74) is 5.04. The van der Waals surface area contributed by atoms with Crippen molar-refractivity contribution in [3.05, 3.63) is 94.8 Å². The third kappa shape index (κ3) is 5.74. The summed E-state index contributed by atoms with van der Waals surface area (Å²) in [5.74, 6) is -0.535. The molecule has 1 N–H and O–H groups in total. The second-order valence-electron chi connectivity index (χ2n) is 12.0. The van der Waals surface area contributed by atoms with E-state index >= 15 is 4.39 Å². The van der Waals surface area contributed by atoms with Crippen LogP contribution < -0.4 is 4.74 Å². The zero-order valence-corrected chi connectivity index (χ0v) is 23.9. The Hall–Kier alpha value is -3.18. The van der Waals surface area contributed by atoms with Gasteiger partial charge in [-0.1, -0.05) is 63.3 Å². The van der Waals surface area contributed by atoms with Crippen molar-refractivity contribution in [3.63, 3.8) is 0 Å². The van der Waals surface area contributed by atoms with E-state index in [1.807, 2.05) is 25.1 Å². The third-order valence-corrected chi connectivity index (χ3v) is 8.37. The first-order valence-corrected chi connectivity index (χ1v) is 13.8. The number of aryl methyl sites for hydroxylation is 2. The van der Waals surface area contributed by atoms with Gasteiger partial charge in [0.15, 0.2) is 0 Å². The zero-order valence-electron chi connectivity index (χ0n) is 23.9. The van der Waals surface area contributed by atoms with Gasteiger partial charge in [-0.3, -0.25) is 4.79 Å². The van der Waals surface area contributed by atoms with Gasteiger partial charge in [0.05, 0.1) is 18.6 Å². The highest BCUT2D eigenvalue weighted by molar-refractivity contribution is 5.82. The number of hydrogen-bond acceptors (Lipinski definition) is 3. The number of halogens is 1. The van der Waals surface area contributed by atoms with E-state index in [-0.39, 0.29) is 28.7 Å². The number of hydrogen-bond donors (Lipinski definition) is 1. The number of ether oxygens (including phenoxy) is 2. The molecule has 0 unspecified atom stereocenters. The minimum Gasteiger partial charge on any atom is -0.493 e. The zero-order chi connectivity index (χ0) is 28.4. The van der Waals surface area contributed by atoms with Crippen molar-refractivity contribution in [3.8, 4) is 5.75 Å². The van der Waals surface area contributed by atoms with Gasteiger partial charge in [-0.15, -0.1) is 0 Å². The number of carbonyl (C=O) groups is 1. The van der Waals surface area contributed by atoms with E-state index in [1.54, 1.807) is 19.3 Å². The van der Waals surface area contributed by atoms with Crippen molar-refractivity contribution in [1.29, 1.82) is 0 Å². The molecular formula is C34H41FO4. The fourth-order valence-electron chi connectivity index (χ4n) is 6.44.